The van der Waals surface area contributed by atoms with Crippen LogP contribution in [-0.2, 0) is 0 Å². The fourth-order valence-electron chi connectivity index (χ4n) is 1.83. The van der Waals surface area contributed by atoms with E-state index in [0.717, 1.165) is 5.56 Å². The molecule has 1 amide bonds. The third-order valence-electron chi connectivity index (χ3n) is 2.79. The molecule has 0 aliphatic heterocycles. The summed E-state index contributed by atoms with van der Waals surface area (Å²) in [5.74, 6) is -0.118. The standard InChI is InChI=1S/C15H9Cl2N3O2/c16-11-6-10(7-12(17)8-11)13(21)18-15-20-19-14(22-15)9-4-2-1-3-5-9/h1-8H,(H,18,20,21). The number of benzene rings is 2. The van der Waals surface area contributed by atoms with Crippen LogP contribution < -0.4 is 5.32 Å². The number of nitrogens with zero attached hydrogens (tertiary/aromatic N) is 2. The zero-order chi connectivity index (χ0) is 15.5. The summed E-state index contributed by atoms with van der Waals surface area (Å²) in [5, 5.41) is 10.9. The van der Waals surface area contributed by atoms with Crippen molar-refractivity contribution in [2.45, 2.75) is 0 Å². The van der Waals surface area contributed by atoms with Gasteiger partial charge in [-0.05, 0) is 30.3 Å². The molecular weight excluding hydrogens is 325 g/mol. The molecule has 3 rings (SSSR count). The molecule has 3 aromatic rings. The quantitative estimate of drug-likeness (QED) is 0.776. The Bertz CT molecular complexity index is 798. The molecule has 0 radical (unpaired) electrons. The zero-order valence-electron chi connectivity index (χ0n) is 11.1. The number of carbonyl (C=O) groups excluding carboxylic acids is 1. The molecule has 0 bridgehead atoms. The number of carbonyl (C=O) groups is 1. The van der Waals surface area contributed by atoms with E-state index in [-0.39, 0.29) is 6.01 Å². The molecule has 0 saturated carbocycles. The van der Waals surface area contributed by atoms with Gasteiger partial charge in [0.1, 0.15) is 0 Å². The van der Waals surface area contributed by atoms with Gasteiger partial charge in [0.15, 0.2) is 0 Å². The summed E-state index contributed by atoms with van der Waals surface area (Å²) in [4.78, 5) is 12.1. The van der Waals surface area contributed by atoms with Crippen molar-refractivity contribution in [2.24, 2.45) is 0 Å². The van der Waals surface area contributed by atoms with Crippen LogP contribution in [0.1, 0.15) is 10.4 Å². The van der Waals surface area contributed by atoms with Crippen molar-refractivity contribution in [1.82, 2.24) is 10.2 Å². The van der Waals surface area contributed by atoms with Crippen LogP contribution in [0, 0.1) is 0 Å². The fourth-order valence-corrected chi connectivity index (χ4v) is 2.35. The second-order valence-electron chi connectivity index (χ2n) is 4.39. The van der Waals surface area contributed by atoms with Crippen LogP contribution >= 0.6 is 23.2 Å². The first-order valence-corrected chi connectivity index (χ1v) is 7.04. The summed E-state index contributed by atoms with van der Waals surface area (Å²) in [5.41, 5.74) is 1.07. The number of hydrogen-bond donors (Lipinski definition) is 1. The average molecular weight is 334 g/mol. The van der Waals surface area contributed by atoms with Gasteiger partial charge in [0.05, 0.1) is 0 Å². The minimum atomic E-state index is -0.437. The molecule has 5 nitrogen and oxygen atoms in total. The van der Waals surface area contributed by atoms with Gasteiger partial charge in [-0.3, -0.25) is 10.1 Å². The van der Waals surface area contributed by atoms with Crippen LogP contribution in [-0.4, -0.2) is 16.1 Å². The molecule has 0 aliphatic carbocycles. The SMILES string of the molecule is O=C(Nc1nnc(-c2ccccc2)o1)c1cc(Cl)cc(Cl)c1. The van der Waals surface area contributed by atoms with Crippen LogP contribution in [0.3, 0.4) is 0 Å². The smallest absolute Gasteiger partial charge is 0.322 e. The highest BCUT2D eigenvalue weighted by molar-refractivity contribution is 6.35. The van der Waals surface area contributed by atoms with E-state index in [4.69, 9.17) is 27.6 Å². The van der Waals surface area contributed by atoms with E-state index < -0.39 is 5.91 Å². The molecule has 1 N–H and O–H groups in total. The molecular formula is C15H9Cl2N3O2. The fraction of sp³-hybridized carbons (Fsp3) is 0. The Kier molecular flexibility index (Phi) is 4.09. The monoisotopic (exact) mass is 333 g/mol. The molecule has 110 valence electrons. The molecule has 1 heterocycles. The third kappa shape index (κ3) is 3.27. The number of nitrogens with one attached hydrogen (secondary N) is 1. The van der Waals surface area contributed by atoms with Crippen molar-refractivity contribution in [1.29, 1.82) is 0 Å². The highest BCUT2D eigenvalue weighted by Gasteiger charge is 2.13. The highest BCUT2D eigenvalue weighted by atomic mass is 35.5. The first-order valence-electron chi connectivity index (χ1n) is 6.28. The van der Waals surface area contributed by atoms with Crippen LogP contribution in [0.2, 0.25) is 10.0 Å². The molecule has 0 unspecified atom stereocenters. The summed E-state index contributed by atoms with van der Waals surface area (Å²) in [6.45, 7) is 0. The lowest BCUT2D eigenvalue weighted by atomic mass is 10.2. The van der Waals surface area contributed by atoms with Crippen molar-refractivity contribution in [3.05, 3.63) is 64.1 Å². The van der Waals surface area contributed by atoms with Gasteiger partial charge >= 0.3 is 6.01 Å². The summed E-state index contributed by atoms with van der Waals surface area (Å²) < 4.78 is 5.40. The Labute approximate surface area is 135 Å². The lowest BCUT2D eigenvalue weighted by Crippen LogP contribution is -2.12. The minimum Gasteiger partial charge on any atom is -0.403 e. The first-order chi connectivity index (χ1) is 10.6. The third-order valence-corrected chi connectivity index (χ3v) is 3.23. The molecule has 0 atom stereocenters. The van der Waals surface area contributed by atoms with E-state index in [0.29, 0.717) is 21.5 Å². The molecule has 0 spiro atoms. The Hall–Kier alpha value is -2.37. The Morgan fingerprint density at radius 1 is 1.00 bits per heavy atom. The lowest BCUT2D eigenvalue weighted by molar-refractivity contribution is 0.102. The van der Waals surface area contributed by atoms with E-state index in [1.165, 1.54) is 12.1 Å². The van der Waals surface area contributed by atoms with Gasteiger partial charge in [0.25, 0.3) is 5.91 Å². The van der Waals surface area contributed by atoms with E-state index in [9.17, 15) is 4.79 Å². The van der Waals surface area contributed by atoms with Crippen molar-refractivity contribution in [2.75, 3.05) is 5.32 Å². The number of amides is 1. The van der Waals surface area contributed by atoms with E-state index in [1.54, 1.807) is 6.07 Å². The first kappa shape index (κ1) is 14.6. The number of halogens is 2. The van der Waals surface area contributed by atoms with Crippen molar-refractivity contribution < 1.29 is 9.21 Å². The molecule has 2 aromatic carbocycles. The number of rotatable bonds is 3. The van der Waals surface area contributed by atoms with Gasteiger partial charge < -0.3 is 4.42 Å². The largest absolute Gasteiger partial charge is 0.403 e. The molecule has 0 fully saturated rings. The average Bonchev–Trinajstić information content (AvgIpc) is 2.95. The van der Waals surface area contributed by atoms with Gasteiger partial charge in [-0.2, -0.15) is 0 Å². The second-order valence-corrected chi connectivity index (χ2v) is 5.26. The summed E-state index contributed by atoms with van der Waals surface area (Å²) in [7, 11) is 0. The molecule has 0 saturated heterocycles. The van der Waals surface area contributed by atoms with Crippen molar-refractivity contribution in [3.8, 4) is 11.5 Å². The number of hydrogen-bond acceptors (Lipinski definition) is 4. The van der Waals surface area contributed by atoms with Gasteiger partial charge in [-0.25, -0.2) is 0 Å². The van der Waals surface area contributed by atoms with Gasteiger partial charge in [-0.15, -0.1) is 5.10 Å². The summed E-state index contributed by atoms with van der Waals surface area (Å²) >= 11 is 11.7. The van der Waals surface area contributed by atoms with Gasteiger partial charge in [-0.1, -0.05) is 46.5 Å². The van der Waals surface area contributed by atoms with Crippen molar-refractivity contribution >= 4 is 35.1 Å². The predicted octanol–water partition coefficient (Wildman–Crippen LogP) is 4.30. The topological polar surface area (TPSA) is 68.0 Å². The maximum absolute atomic E-state index is 12.1. The highest BCUT2D eigenvalue weighted by Crippen LogP contribution is 2.22. The Balaban J connectivity index is 1.79. The number of anilines is 1. The van der Waals surface area contributed by atoms with Gasteiger partial charge in [0, 0.05) is 21.2 Å². The molecule has 22 heavy (non-hydrogen) atoms. The maximum Gasteiger partial charge on any atom is 0.322 e. The zero-order valence-corrected chi connectivity index (χ0v) is 12.6. The lowest BCUT2D eigenvalue weighted by Gasteiger charge is -2.02. The van der Waals surface area contributed by atoms with E-state index in [2.05, 4.69) is 15.5 Å². The second kappa shape index (κ2) is 6.17. The normalized spacial score (nSPS) is 10.5. The predicted molar refractivity (Wildman–Crippen MR) is 84.1 cm³/mol. The Morgan fingerprint density at radius 3 is 2.36 bits per heavy atom. The maximum atomic E-state index is 12.1. The molecule has 0 aliphatic rings. The molecule has 7 heteroatoms. The summed E-state index contributed by atoms with van der Waals surface area (Å²) in [6, 6.07) is 13.8. The van der Waals surface area contributed by atoms with Crippen LogP contribution in [0.4, 0.5) is 6.01 Å². The number of aromatic nitrogens is 2. The van der Waals surface area contributed by atoms with Crippen LogP contribution in [0.15, 0.2) is 52.9 Å². The molecule has 1 aromatic heterocycles. The van der Waals surface area contributed by atoms with Crippen molar-refractivity contribution in [3.63, 3.8) is 0 Å². The van der Waals surface area contributed by atoms with E-state index >= 15 is 0 Å². The minimum absolute atomic E-state index is 0.0000454. The van der Waals surface area contributed by atoms with Crippen LogP contribution in [0.25, 0.3) is 11.5 Å². The van der Waals surface area contributed by atoms with Crippen LogP contribution in [0.5, 0.6) is 0 Å². The van der Waals surface area contributed by atoms with Gasteiger partial charge in [0.2, 0.25) is 5.89 Å². The Morgan fingerprint density at radius 2 is 1.68 bits per heavy atom. The van der Waals surface area contributed by atoms with E-state index in [1.807, 2.05) is 30.3 Å². The summed E-state index contributed by atoms with van der Waals surface area (Å²) in [6.07, 6.45) is 0.